The number of hydrogen-bond acceptors (Lipinski definition) is 4. The third kappa shape index (κ3) is 4.88. The Labute approximate surface area is 154 Å². The minimum Gasteiger partial charge on any atom is -0.357 e. The molecule has 2 fully saturated rings. The van der Waals surface area contributed by atoms with Crippen molar-refractivity contribution in [1.29, 1.82) is 0 Å². The van der Waals surface area contributed by atoms with Crippen LogP contribution >= 0.6 is 0 Å². The molecule has 1 N–H and O–H groups in total. The van der Waals surface area contributed by atoms with Crippen molar-refractivity contribution in [2.24, 2.45) is 4.99 Å². The summed E-state index contributed by atoms with van der Waals surface area (Å²) in [6.45, 7) is 15.0. The quantitative estimate of drug-likeness (QED) is 0.601. The molecule has 0 saturated carbocycles. The zero-order chi connectivity index (χ0) is 18.7. The molecule has 0 spiro atoms. The molecule has 0 bridgehead atoms. The van der Waals surface area contributed by atoms with Crippen molar-refractivity contribution >= 4 is 15.8 Å². The van der Waals surface area contributed by atoms with Crippen LogP contribution in [0, 0.1) is 0 Å². The van der Waals surface area contributed by atoms with Crippen LogP contribution in [-0.2, 0) is 9.84 Å². The molecule has 2 saturated heterocycles. The van der Waals surface area contributed by atoms with E-state index >= 15 is 0 Å². The molecule has 2 heterocycles. The Kier molecular flexibility index (Phi) is 6.41. The number of nitrogens with zero attached hydrogens (tertiary/aromatic N) is 3. The Bertz CT molecular complexity index is 578. The van der Waals surface area contributed by atoms with Crippen molar-refractivity contribution in [2.75, 3.05) is 45.0 Å². The fraction of sp³-hybridized carbons (Fsp3) is 0.944. The van der Waals surface area contributed by atoms with Gasteiger partial charge in [-0.1, -0.05) is 6.42 Å². The van der Waals surface area contributed by atoms with Gasteiger partial charge in [0.1, 0.15) is 0 Å². The lowest BCUT2D eigenvalue weighted by atomic mass is 9.99. The Morgan fingerprint density at radius 3 is 2.36 bits per heavy atom. The van der Waals surface area contributed by atoms with E-state index in [1.807, 2.05) is 13.8 Å². The van der Waals surface area contributed by atoms with E-state index in [0.717, 1.165) is 32.1 Å². The van der Waals surface area contributed by atoms with Crippen LogP contribution in [0.25, 0.3) is 0 Å². The Morgan fingerprint density at radius 1 is 1.16 bits per heavy atom. The lowest BCUT2D eigenvalue weighted by Crippen LogP contribution is -2.57. The standard InChI is InChI=1S/C18H36N4O2S/c1-6-19-16(21-12-13-25(23,24)18(4,5)15-21)20-14-17(2,3)22-10-8-7-9-11-22/h6-15H2,1-5H3,(H,19,20). The summed E-state index contributed by atoms with van der Waals surface area (Å²) in [7, 11) is -3.04. The Hall–Kier alpha value is -0.820. The fourth-order valence-corrected chi connectivity index (χ4v) is 4.98. The highest BCUT2D eigenvalue weighted by Crippen LogP contribution is 2.24. The zero-order valence-electron chi connectivity index (χ0n) is 16.6. The number of hydrogen-bond donors (Lipinski definition) is 1. The van der Waals surface area contributed by atoms with Crippen LogP contribution in [0.15, 0.2) is 4.99 Å². The number of rotatable bonds is 4. The van der Waals surface area contributed by atoms with Crippen LogP contribution in [0.4, 0.5) is 0 Å². The van der Waals surface area contributed by atoms with Gasteiger partial charge in [-0.15, -0.1) is 0 Å². The highest BCUT2D eigenvalue weighted by atomic mass is 32.2. The lowest BCUT2D eigenvalue weighted by molar-refractivity contribution is 0.102. The van der Waals surface area contributed by atoms with Gasteiger partial charge in [-0.25, -0.2) is 8.42 Å². The lowest BCUT2D eigenvalue weighted by Gasteiger charge is -2.41. The maximum absolute atomic E-state index is 12.3. The second-order valence-corrected chi connectivity index (χ2v) is 11.3. The molecule has 6 nitrogen and oxygen atoms in total. The largest absolute Gasteiger partial charge is 0.357 e. The summed E-state index contributed by atoms with van der Waals surface area (Å²) >= 11 is 0. The van der Waals surface area contributed by atoms with Crippen LogP contribution < -0.4 is 5.32 Å². The first kappa shape index (κ1) is 20.5. The van der Waals surface area contributed by atoms with Gasteiger partial charge in [0.15, 0.2) is 15.8 Å². The van der Waals surface area contributed by atoms with E-state index in [1.165, 1.54) is 19.3 Å². The van der Waals surface area contributed by atoms with Gasteiger partial charge in [-0.3, -0.25) is 9.89 Å². The average Bonchev–Trinajstić information content (AvgIpc) is 2.55. The summed E-state index contributed by atoms with van der Waals surface area (Å²) < 4.78 is 23.8. The number of aliphatic imine (C=N–C) groups is 1. The van der Waals surface area contributed by atoms with Gasteiger partial charge in [0.05, 0.1) is 17.0 Å². The van der Waals surface area contributed by atoms with E-state index in [-0.39, 0.29) is 11.3 Å². The van der Waals surface area contributed by atoms with Crippen LogP contribution in [0.5, 0.6) is 0 Å². The van der Waals surface area contributed by atoms with Gasteiger partial charge in [-0.2, -0.15) is 0 Å². The predicted octanol–water partition coefficient (Wildman–Crippen LogP) is 1.73. The van der Waals surface area contributed by atoms with E-state index < -0.39 is 14.6 Å². The monoisotopic (exact) mass is 372 g/mol. The van der Waals surface area contributed by atoms with Crippen LogP contribution in [0.1, 0.15) is 53.9 Å². The molecule has 2 aliphatic rings. The van der Waals surface area contributed by atoms with Crippen LogP contribution in [-0.4, -0.2) is 79.5 Å². The third-order valence-corrected chi connectivity index (χ3v) is 8.04. The SMILES string of the molecule is CCNC(=NCC(C)(C)N1CCCCC1)N1CCS(=O)(=O)C(C)(C)C1. The summed E-state index contributed by atoms with van der Waals surface area (Å²) in [5.74, 6) is 1.04. The molecule has 2 aliphatic heterocycles. The molecule has 146 valence electrons. The van der Waals surface area contributed by atoms with Crippen molar-refractivity contribution in [3.05, 3.63) is 0 Å². The number of sulfone groups is 1. The van der Waals surface area contributed by atoms with Gasteiger partial charge in [0, 0.05) is 25.2 Å². The minimum atomic E-state index is -3.04. The van der Waals surface area contributed by atoms with Gasteiger partial charge >= 0.3 is 0 Å². The molecule has 0 unspecified atom stereocenters. The summed E-state index contributed by atoms with van der Waals surface area (Å²) in [4.78, 5) is 9.54. The van der Waals surface area contributed by atoms with Gasteiger partial charge in [0.2, 0.25) is 0 Å². The smallest absolute Gasteiger partial charge is 0.194 e. The molecule has 25 heavy (non-hydrogen) atoms. The average molecular weight is 373 g/mol. The van der Waals surface area contributed by atoms with Gasteiger partial charge < -0.3 is 10.2 Å². The van der Waals surface area contributed by atoms with Gasteiger partial charge in [-0.05, 0) is 60.5 Å². The summed E-state index contributed by atoms with van der Waals surface area (Å²) in [5.41, 5.74) is 0.0263. The number of likely N-dealkylation sites (tertiary alicyclic amines) is 1. The molecular formula is C18H36N4O2S. The molecule has 0 aromatic rings. The molecule has 0 aliphatic carbocycles. The fourth-order valence-electron chi connectivity index (χ4n) is 3.62. The first-order valence-electron chi connectivity index (χ1n) is 9.60. The van der Waals surface area contributed by atoms with Crippen molar-refractivity contribution < 1.29 is 8.42 Å². The molecule has 0 aromatic carbocycles. The molecule has 0 amide bonds. The predicted molar refractivity (Wildman–Crippen MR) is 105 cm³/mol. The molecule has 7 heteroatoms. The number of nitrogens with one attached hydrogen (secondary N) is 1. The maximum Gasteiger partial charge on any atom is 0.194 e. The van der Waals surface area contributed by atoms with E-state index in [1.54, 1.807) is 0 Å². The molecule has 0 atom stereocenters. The van der Waals surface area contributed by atoms with Crippen LogP contribution in [0.2, 0.25) is 0 Å². The highest BCUT2D eigenvalue weighted by molar-refractivity contribution is 7.92. The zero-order valence-corrected chi connectivity index (χ0v) is 17.5. The minimum absolute atomic E-state index is 0.0263. The summed E-state index contributed by atoms with van der Waals surface area (Å²) in [6.07, 6.45) is 3.87. The second kappa shape index (κ2) is 7.82. The molecule has 0 aromatic heterocycles. The highest BCUT2D eigenvalue weighted by Gasteiger charge is 2.41. The first-order valence-corrected chi connectivity index (χ1v) is 11.2. The number of piperidine rings is 1. The van der Waals surface area contributed by atoms with Crippen molar-refractivity contribution in [2.45, 2.75) is 64.2 Å². The van der Waals surface area contributed by atoms with E-state index in [9.17, 15) is 8.42 Å². The van der Waals surface area contributed by atoms with Gasteiger partial charge in [0.25, 0.3) is 0 Å². The normalized spacial score (nSPS) is 25.0. The summed E-state index contributed by atoms with van der Waals surface area (Å²) in [6, 6.07) is 0. The topological polar surface area (TPSA) is 65.0 Å². The van der Waals surface area contributed by atoms with E-state index in [4.69, 9.17) is 4.99 Å². The van der Waals surface area contributed by atoms with E-state index in [0.29, 0.717) is 13.1 Å². The third-order valence-electron chi connectivity index (χ3n) is 5.51. The van der Waals surface area contributed by atoms with Crippen molar-refractivity contribution in [3.8, 4) is 0 Å². The van der Waals surface area contributed by atoms with E-state index in [2.05, 4.69) is 35.9 Å². The first-order chi connectivity index (χ1) is 11.6. The Morgan fingerprint density at radius 2 is 1.80 bits per heavy atom. The van der Waals surface area contributed by atoms with Crippen LogP contribution in [0.3, 0.4) is 0 Å². The van der Waals surface area contributed by atoms with Crippen molar-refractivity contribution in [3.63, 3.8) is 0 Å². The van der Waals surface area contributed by atoms with Crippen molar-refractivity contribution in [1.82, 2.24) is 15.1 Å². The number of guanidine groups is 1. The molecular weight excluding hydrogens is 336 g/mol. The Balaban J connectivity index is 2.10. The molecule has 2 rings (SSSR count). The molecule has 0 radical (unpaired) electrons. The summed E-state index contributed by atoms with van der Waals surface area (Å²) in [5, 5.41) is 3.36. The maximum atomic E-state index is 12.3. The second-order valence-electron chi connectivity index (χ2n) is 8.53.